The SMILES string of the molecule is COc1ccc(C(OC[C@H]2O[C@@H](n3cnc4c(-c5cccc(N=CN(C)C)c5)ncnc43)[C@H](O[Si](C)(C)C(C)(C)C)[C@@H]2OP(OCCC#N)N(C(C)C)C(C)C)(c2ccccc2)c2ccc(OC)cc2)cc1. The summed E-state index contributed by atoms with van der Waals surface area (Å²) in [5.74, 6) is 1.43. The number of imidazole rings is 1. The Morgan fingerprint density at radius 2 is 1.46 bits per heavy atom. The Balaban J connectivity index is 1.43. The summed E-state index contributed by atoms with van der Waals surface area (Å²) in [4.78, 5) is 21.2. The molecule has 5 atom stereocenters. The molecule has 72 heavy (non-hydrogen) atoms. The second kappa shape index (κ2) is 23.5. The Morgan fingerprint density at radius 3 is 2.03 bits per heavy atom. The molecule has 0 N–H and O–H groups in total. The van der Waals surface area contributed by atoms with Gasteiger partial charge in [0.2, 0.25) is 0 Å². The zero-order valence-corrected chi connectivity index (χ0v) is 45.9. The lowest BCUT2D eigenvalue weighted by Gasteiger charge is -2.42. The lowest BCUT2D eigenvalue weighted by atomic mass is 9.80. The highest BCUT2D eigenvalue weighted by molar-refractivity contribution is 7.44. The third kappa shape index (κ3) is 11.9. The van der Waals surface area contributed by atoms with Crippen LogP contribution in [0, 0.1) is 11.3 Å². The lowest BCUT2D eigenvalue weighted by Crippen LogP contribution is -2.50. The molecule has 1 aliphatic rings. The lowest BCUT2D eigenvalue weighted by molar-refractivity contribution is -0.0926. The predicted molar refractivity (Wildman–Crippen MR) is 287 cm³/mol. The van der Waals surface area contributed by atoms with E-state index in [-0.39, 0.29) is 36.8 Å². The van der Waals surface area contributed by atoms with Crippen LogP contribution in [-0.4, -0.2) is 116 Å². The number of benzene rings is 4. The zero-order valence-electron chi connectivity index (χ0n) is 44.0. The normalized spacial score (nSPS) is 18.1. The van der Waals surface area contributed by atoms with Crippen LogP contribution in [0.4, 0.5) is 5.69 Å². The summed E-state index contributed by atoms with van der Waals surface area (Å²) >= 11 is 0. The van der Waals surface area contributed by atoms with Gasteiger partial charge < -0.3 is 37.3 Å². The van der Waals surface area contributed by atoms with Crippen LogP contribution in [0.1, 0.15) is 77.8 Å². The van der Waals surface area contributed by atoms with E-state index in [1.165, 1.54) is 0 Å². The molecular weight excluding hydrogens is 944 g/mol. The quantitative estimate of drug-likeness (QED) is 0.0159. The standard InChI is InChI=1S/C55H71N8O7PSi/c1-38(2)63(39(3)4)71(67-32-18-31-56)69-50-47(34-66-55(41-20-15-14-16-21-41,42-23-27-45(64-10)28-24-42)43-25-29-46(65-11)30-26-43)68-53(51(50)70-72(12,13)54(5,6)7)62-37-60-49-48(57-35-58-52(49)62)40-19-17-22-44(33-40)59-36-61(8)9/h14-17,19-30,33,35-39,47,50-51,53H,18,32,34H2,1-13H3/t47-,50-,51-,53-,71?/m1/s1. The monoisotopic (exact) mass is 1010 g/mol. The largest absolute Gasteiger partial charge is 0.497 e. The van der Waals surface area contributed by atoms with Gasteiger partial charge in [-0.15, -0.1) is 0 Å². The van der Waals surface area contributed by atoms with Gasteiger partial charge in [0.05, 0.1) is 58.3 Å². The molecule has 0 saturated carbocycles. The van der Waals surface area contributed by atoms with Gasteiger partial charge in [0.25, 0.3) is 8.53 Å². The average Bonchev–Trinajstić information content (AvgIpc) is 3.94. The van der Waals surface area contributed by atoms with Gasteiger partial charge in [-0.05, 0) is 98.9 Å². The van der Waals surface area contributed by atoms with Crippen molar-refractivity contribution in [3.63, 3.8) is 0 Å². The van der Waals surface area contributed by atoms with E-state index in [1.807, 2.05) is 115 Å². The van der Waals surface area contributed by atoms with Gasteiger partial charge in [-0.1, -0.05) is 87.5 Å². The van der Waals surface area contributed by atoms with Gasteiger partial charge in [0, 0.05) is 31.7 Å². The van der Waals surface area contributed by atoms with Gasteiger partial charge in [-0.25, -0.2) is 24.6 Å². The molecule has 1 unspecified atom stereocenters. The first kappa shape index (κ1) is 54.2. The van der Waals surface area contributed by atoms with Crippen molar-refractivity contribution in [1.82, 2.24) is 29.1 Å². The Morgan fingerprint density at radius 1 is 0.833 bits per heavy atom. The summed E-state index contributed by atoms with van der Waals surface area (Å²) in [5.41, 5.74) is 4.88. The Labute approximate surface area is 428 Å². The maximum Gasteiger partial charge on any atom is 0.259 e. The molecule has 0 spiro atoms. The number of fused-ring (bicyclic) bond motifs is 1. The van der Waals surface area contributed by atoms with Gasteiger partial charge in [-0.3, -0.25) is 4.57 Å². The summed E-state index contributed by atoms with van der Waals surface area (Å²) < 4.78 is 52.3. The molecule has 0 aliphatic carbocycles. The third-order valence-corrected chi connectivity index (χ3v) is 19.8. The molecule has 0 bridgehead atoms. The van der Waals surface area contributed by atoms with Crippen molar-refractivity contribution in [2.75, 3.05) is 41.5 Å². The molecular formula is C55H71N8O7PSi. The molecule has 17 heteroatoms. The second-order valence-electron chi connectivity index (χ2n) is 20.1. The van der Waals surface area contributed by atoms with Crippen LogP contribution in [0.3, 0.4) is 0 Å². The summed E-state index contributed by atoms with van der Waals surface area (Å²) in [7, 11) is 2.75. The highest BCUT2D eigenvalue weighted by Crippen LogP contribution is 2.53. The van der Waals surface area contributed by atoms with E-state index < -0.39 is 47.0 Å². The fourth-order valence-corrected chi connectivity index (χ4v) is 11.7. The van der Waals surface area contributed by atoms with Crippen LogP contribution in [0.5, 0.6) is 11.5 Å². The first-order valence-electron chi connectivity index (χ1n) is 24.5. The molecule has 1 saturated heterocycles. The first-order valence-corrected chi connectivity index (χ1v) is 28.5. The van der Waals surface area contributed by atoms with Gasteiger partial charge in [-0.2, -0.15) is 5.26 Å². The maximum atomic E-state index is 9.70. The third-order valence-electron chi connectivity index (χ3n) is 13.2. The zero-order chi connectivity index (χ0) is 51.8. The number of nitrogens with zero attached hydrogens (tertiary/aromatic N) is 8. The fourth-order valence-electron chi connectivity index (χ4n) is 8.68. The molecule has 15 nitrogen and oxygen atoms in total. The van der Waals surface area contributed by atoms with Crippen LogP contribution in [-0.2, 0) is 28.5 Å². The van der Waals surface area contributed by atoms with Crippen LogP contribution in [0.15, 0.2) is 121 Å². The summed E-state index contributed by atoms with van der Waals surface area (Å²) in [6.45, 7) is 19.9. The first-order chi connectivity index (χ1) is 34.4. The Hall–Kier alpha value is -5.60. The average molecular weight is 1020 g/mol. The maximum absolute atomic E-state index is 9.70. The van der Waals surface area contributed by atoms with Gasteiger partial charge >= 0.3 is 0 Å². The minimum Gasteiger partial charge on any atom is -0.497 e. The van der Waals surface area contributed by atoms with Gasteiger partial charge in [0.1, 0.15) is 52.9 Å². The summed E-state index contributed by atoms with van der Waals surface area (Å²) in [6.07, 6.45) is 2.21. The number of hydrogen-bond donors (Lipinski definition) is 0. The number of nitriles is 1. The second-order valence-corrected chi connectivity index (χ2v) is 26.3. The minimum atomic E-state index is -2.64. The molecule has 1 fully saturated rings. The van der Waals surface area contributed by atoms with Crippen LogP contribution in [0.25, 0.3) is 22.4 Å². The summed E-state index contributed by atoms with van der Waals surface area (Å²) in [5, 5.41) is 9.50. The smallest absolute Gasteiger partial charge is 0.259 e. The van der Waals surface area contributed by atoms with Crippen LogP contribution >= 0.6 is 8.53 Å². The van der Waals surface area contributed by atoms with Crippen molar-refractivity contribution >= 4 is 40.0 Å². The number of rotatable bonds is 22. The number of ether oxygens (including phenoxy) is 4. The van der Waals surface area contributed by atoms with Crippen molar-refractivity contribution < 1.29 is 32.4 Å². The Kier molecular flexibility index (Phi) is 17.7. The van der Waals surface area contributed by atoms with E-state index in [1.54, 1.807) is 33.2 Å². The summed E-state index contributed by atoms with van der Waals surface area (Å²) in [6, 6.07) is 36.3. The molecule has 2 aromatic heterocycles. The van der Waals surface area contributed by atoms with Crippen molar-refractivity contribution in [3.8, 4) is 28.8 Å². The van der Waals surface area contributed by atoms with Crippen molar-refractivity contribution in [2.24, 2.45) is 4.99 Å². The van der Waals surface area contributed by atoms with Crippen molar-refractivity contribution in [1.29, 1.82) is 5.26 Å². The van der Waals surface area contributed by atoms with Crippen molar-refractivity contribution in [2.45, 2.75) is 115 Å². The Bertz CT molecular complexity index is 2710. The number of aliphatic imine (C=N–C) groups is 1. The van der Waals surface area contributed by atoms with E-state index >= 15 is 0 Å². The molecule has 3 heterocycles. The van der Waals surface area contributed by atoms with Crippen molar-refractivity contribution in [3.05, 3.63) is 132 Å². The molecule has 7 rings (SSSR count). The fraction of sp³-hybridized carbons (Fsp3) is 0.436. The van der Waals surface area contributed by atoms with E-state index in [2.05, 4.69) is 89.4 Å². The molecule has 4 aromatic carbocycles. The highest BCUT2D eigenvalue weighted by Gasteiger charge is 2.54. The highest BCUT2D eigenvalue weighted by atomic mass is 31.2. The van der Waals surface area contributed by atoms with Crippen LogP contribution in [0.2, 0.25) is 18.1 Å². The molecule has 382 valence electrons. The van der Waals surface area contributed by atoms with E-state index in [9.17, 15) is 5.26 Å². The number of hydrogen-bond acceptors (Lipinski definition) is 13. The van der Waals surface area contributed by atoms with E-state index in [0.717, 1.165) is 27.9 Å². The van der Waals surface area contributed by atoms with Gasteiger partial charge in [0.15, 0.2) is 20.2 Å². The molecule has 6 aromatic rings. The molecule has 1 aliphatic heterocycles. The van der Waals surface area contributed by atoms with E-state index in [4.69, 9.17) is 47.4 Å². The number of aromatic nitrogens is 4. The number of methoxy groups -OCH3 is 2. The minimum absolute atomic E-state index is 0.0291. The molecule has 0 radical (unpaired) electrons. The topological polar surface area (TPSA) is 151 Å². The molecule has 0 amide bonds. The predicted octanol–water partition coefficient (Wildman–Crippen LogP) is 11.7. The van der Waals surface area contributed by atoms with Crippen LogP contribution < -0.4 is 9.47 Å². The van der Waals surface area contributed by atoms with E-state index in [0.29, 0.717) is 28.4 Å².